The van der Waals surface area contributed by atoms with E-state index in [1.54, 1.807) is 0 Å². The summed E-state index contributed by atoms with van der Waals surface area (Å²) in [5, 5.41) is -0.560. The normalized spacial score (nSPS) is 16.6. The highest BCUT2D eigenvalue weighted by Crippen LogP contribution is 2.30. The van der Waals surface area contributed by atoms with E-state index in [0.29, 0.717) is 11.1 Å². The monoisotopic (exact) mass is 407 g/mol. The van der Waals surface area contributed by atoms with Crippen LogP contribution in [0.2, 0.25) is 5.02 Å². The van der Waals surface area contributed by atoms with Crippen LogP contribution in [0.1, 0.15) is 0 Å². The third-order valence-corrected chi connectivity index (χ3v) is 8.13. The average Bonchev–Trinajstić information content (AvgIpc) is 2.44. The van der Waals surface area contributed by atoms with Gasteiger partial charge < -0.3 is 0 Å². The molecule has 0 bridgehead atoms. The zero-order valence-corrected chi connectivity index (χ0v) is 15.0. The summed E-state index contributed by atoms with van der Waals surface area (Å²) in [5.41, 5.74) is 0. The molecule has 2 aromatic carbocycles. The number of sulfonamides is 1. The van der Waals surface area contributed by atoms with Crippen molar-refractivity contribution in [2.45, 2.75) is 15.0 Å². The molecule has 1 aliphatic rings. The van der Waals surface area contributed by atoms with Crippen molar-refractivity contribution in [3.8, 4) is 0 Å². The van der Waals surface area contributed by atoms with Gasteiger partial charge >= 0.3 is 0 Å². The third kappa shape index (κ3) is 3.29. The summed E-state index contributed by atoms with van der Waals surface area (Å²) in [5.74, 6) is -2.12. The lowest BCUT2D eigenvalue weighted by atomic mass is 10.3. The fraction of sp³-hybridized carbons (Fsp3) is 0.200. The molecule has 0 saturated carbocycles. The molecule has 1 heterocycles. The van der Waals surface area contributed by atoms with Crippen molar-refractivity contribution < 1.29 is 25.6 Å². The van der Waals surface area contributed by atoms with Crippen molar-refractivity contribution in [3.63, 3.8) is 0 Å². The van der Waals surface area contributed by atoms with E-state index < -0.39 is 41.6 Å². The van der Waals surface area contributed by atoms with Crippen LogP contribution in [0.15, 0.2) is 52.3 Å². The van der Waals surface area contributed by atoms with Gasteiger partial charge in [0, 0.05) is 24.2 Å². The van der Waals surface area contributed by atoms with Gasteiger partial charge in [-0.3, -0.25) is 0 Å². The number of hydrogen-bond donors (Lipinski definition) is 0. The molecule has 134 valence electrons. The quantitative estimate of drug-likeness (QED) is 0.780. The summed E-state index contributed by atoms with van der Waals surface area (Å²) in [6.07, 6.45) is 0. The molecule has 0 unspecified atom stereocenters. The fourth-order valence-corrected chi connectivity index (χ4v) is 5.98. The molecular formula is C15H12ClF2NO4S2. The maximum absolute atomic E-state index is 13.7. The minimum Gasteiger partial charge on any atom is -0.223 e. The highest BCUT2D eigenvalue weighted by Gasteiger charge is 2.44. The predicted octanol–water partition coefficient (Wildman–Crippen LogP) is 2.47. The lowest BCUT2D eigenvalue weighted by Gasteiger charge is -2.37. The predicted molar refractivity (Wildman–Crippen MR) is 87.5 cm³/mol. The molecule has 0 aliphatic carbocycles. The molecule has 0 amide bonds. The molecule has 0 spiro atoms. The van der Waals surface area contributed by atoms with Crippen LogP contribution in [-0.2, 0) is 19.9 Å². The molecule has 5 nitrogen and oxygen atoms in total. The van der Waals surface area contributed by atoms with E-state index in [4.69, 9.17) is 11.6 Å². The molecule has 25 heavy (non-hydrogen) atoms. The van der Waals surface area contributed by atoms with Gasteiger partial charge in [0.05, 0.1) is 10.1 Å². The molecule has 2 aromatic rings. The second kappa shape index (κ2) is 6.31. The van der Waals surface area contributed by atoms with Crippen molar-refractivity contribution in [2.24, 2.45) is 0 Å². The number of halogens is 3. The van der Waals surface area contributed by atoms with Gasteiger partial charge in [0.1, 0.15) is 16.5 Å². The molecule has 0 N–H and O–H groups in total. The van der Waals surface area contributed by atoms with Gasteiger partial charge in [-0.25, -0.2) is 25.6 Å². The molecule has 1 fully saturated rings. The Labute approximate surface area is 148 Å². The van der Waals surface area contributed by atoms with Gasteiger partial charge in [-0.2, -0.15) is 4.31 Å². The Morgan fingerprint density at radius 1 is 0.960 bits per heavy atom. The molecule has 1 aliphatic heterocycles. The molecule has 0 radical (unpaired) electrons. The van der Waals surface area contributed by atoms with Crippen LogP contribution in [0.3, 0.4) is 0 Å². The summed E-state index contributed by atoms with van der Waals surface area (Å²) in [4.78, 5) is -0.650. The summed E-state index contributed by atoms with van der Waals surface area (Å²) in [7, 11) is -7.96. The average molecular weight is 408 g/mol. The fourth-order valence-electron chi connectivity index (χ4n) is 2.43. The van der Waals surface area contributed by atoms with Gasteiger partial charge in [0.25, 0.3) is 0 Å². The first-order valence-corrected chi connectivity index (χ1v) is 10.4. The first kappa shape index (κ1) is 18.2. The Balaban J connectivity index is 1.80. The van der Waals surface area contributed by atoms with E-state index in [-0.39, 0.29) is 18.0 Å². The van der Waals surface area contributed by atoms with Crippen LogP contribution < -0.4 is 0 Å². The molecular weight excluding hydrogens is 396 g/mol. The summed E-state index contributed by atoms with van der Waals surface area (Å²) in [6.45, 7) is -0.603. The van der Waals surface area contributed by atoms with Crippen LogP contribution in [0.5, 0.6) is 0 Å². The SMILES string of the molecule is O=S(=O)(c1ccc(Cl)cc1)C1CN(S(=O)(=O)c2ccc(F)cc2F)C1. The number of hydrogen-bond acceptors (Lipinski definition) is 4. The molecule has 0 aromatic heterocycles. The molecule has 10 heteroatoms. The van der Waals surface area contributed by atoms with Crippen molar-refractivity contribution in [2.75, 3.05) is 13.1 Å². The van der Waals surface area contributed by atoms with E-state index in [1.807, 2.05) is 0 Å². The summed E-state index contributed by atoms with van der Waals surface area (Å²) >= 11 is 5.72. The molecule has 0 atom stereocenters. The van der Waals surface area contributed by atoms with Gasteiger partial charge in [-0.05, 0) is 36.4 Å². The highest BCUT2D eigenvalue weighted by atomic mass is 35.5. The van der Waals surface area contributed by atoms with Gasteiger partial charge in [-0.15, -0.1) is 0 Å². The van der Waals surface area contributed by atoms with Crippen LogP contribution in [0.4, 0.5) is 8.78 Å². The summed E-state index contributed by atoms with van der Waals surface area (Å²) in [6, 6.07) is 7.65. The Kier molecular flexibility index (Phi) is 4.61. The minimum atomic E-state index is -4.23. The van der Waals surface area contributed by atoms with E-state index in [2.05, 4.69) is 0 Å². The number of rotatable bonds is 4. The largest absolute Gasteiger partial charge is 0.246 e. The zero-order chi connectivity index (χ0) is 18.4. The second-order valence-electron chi connectivity index (χ2n) is 5.52. The van der Waals surface area contributed by atoms with Crippen molar-refractivity contribution >= 4 is 31.5 Å². The van der Waals surface area contributed by atoms with Gasteiger partial charge in [-0.1, -0.05) is 11.6 Å². The maximum Gasteiger partial charge on any atom is 0.246 e. The zero-order valence-electron chi connectivity index (χ0n) is 12.6. The number of sulfone groups is 1. The van der Waals surface area contributed by atoms with Crippen LogP contribution in [0, 0.1) is 11.6 Å². The first-order chi connectivity index (χ1) is 11.6. The Bertz CT molecular complexity index is 1020. The molecule has 1 saturated heterocycles. The van der Waals surface area contributed by atoms with Crippen molar-refractivity contribution in [3.05, 3.63) is 59.1 Å². The standard InChI is InChI=1S/C15H12ClF2NO4S2/c16-10-1-4-12(5-2-10)24(20,21)13-8-19(9-13)25(22,23)15-6-3-11(17)7-14(15)18/h1-7,13H,8-9H2. The van der Waals surface area contributed by atoms with Crippen LogP contribution in [0.25, 0.3) is 0 Å². The first-order valence-electron chi connectivity index (χ1n) is 7.07. The minimum absolute atomic E-state index is 0.0342. The molecule has 3 rings (SSSR count). The van der Waals surface area contributed by atoms with Crippen LogP contribution in [-0.4, -0.2) is 39.5 Å². The Morgan fingerprint density at radius 3 is 2.12 bits per heavy atom. The summed E-state index contributed by atoms with van der Waals surface area (Å²) < 4.78 is 77.1. The van der Waals surface area contributed by atoms with E-state index in [0.717, 1.165) is 16.4 Å². The van der Waals surface area contributed by atoms with Crippen molar-refractivity contribution in [1.82, 2.24) is 4.31 Å². The lowest BCUT2D eigenvalue weighted by molar-refractivity contribution is 0.308. The Morgan fingerprint density at radius 2 is 1.56 bits per heavy atom. The van der Waals surface area contributed by atoms with Gasteiger partial charge in [0.2, 0.25) is 10.0 Å². The second-order valence-corrected chi connectivity index (χ2v) is 10.1. The topological polar surface area (TPSA) is 71.5 Å². The number of nitrogens with zero attached hydrogens (tertiary/aromatic N) is 1. The highest BCUT2D eigenvalue weighted by molar-refractivity contribution is 7.92. The van der Waals surface area contributed by atoms with E-state index in [1.165, 1.54) is 24.3 Å². The van der Waals surface area contributed by atoms with Crippen molar-refractivity contribution in [1.29, 1.82) is 0 Å². The number of benzene rings is 2. The lowest BCUT2D eigenvalue weighted by Crippen LogP contribution is -2.56. The maximum atomic E-state index is 13.7. The van der Waals surface area contributed by atoms with Gasteiger partial charge in [0.15, 0.2) is 9.84 Å². The van der Waals surface area contributed by atoms with E-state index >= 15 is 0 Å². The van der Waals surface area contributed by atoms with Crippen LogP contribution >= 0.6 is 11.6 Å². The smallest absolute Gasteiger partial charge is 0.223 e. The third-order valence-electron chi connectivity index (χ3n) is 3.91. The van der Waals surface area contributed by atoms with E-state index in [9.17, 15) is 25.6 Å². The Hall–Kier alpha value is -1.55.